The van der Waals surface area contributed by atoms with E-state index >= 15 is 0 Å². The lowest BCUT2D eigenvalue weighted by molar-refractivity contribution is 0.459. The van der Waals surface area contributed by atoms with E-state index in [0.717, 1.165) is 23.6 Å². The van der Waals surface area contributed by atoms with Gasteiger partial charge in [0.25, 0.3) is 6.01 Å². The van der Waals surface area contributed by atoms with Gasteiger partial charge in [-0.15, -0.1) is 0 Å². The summed E-state index contributed by atoms with van der Waals surface area (Å²) in [6.45, 7) is 1.03. The monoisotopic (exact) mass is 228 g/mol. The normalized spacial score (nSPS) is 21.6. The standard InChI is InChI=1S/C14H16N2O/c1-2-4-12-11(3-1)16-13(17-12)15-9-14(7-8-14)10-5-6-10/h1-4,10H,5-9H2,(H,15,16). The van der Waals surface area contributed by atoms with Gasteiger partial charge in [-0.25, -0.2) is 0 Å². The van der Waals surface area contributed by atoms with Gasteiger partial charge in [-0.3, -0.25) is 0 Å². The summed E-state index contributed by atoms with van der Waals surface area (Å²) in [6, 6.07) is 8.59. The molecule has 0 radical (unpaired) electrons. The Balaban J connectivity index is 1.51. The highest BCUT2D eigenvalue weighted by molar-refractivity contribution is 5.74. The third kappa shape index (κ3) is 1.61. The van der Waals surface area contributed by atoms with Crippen molar-refractivity contribution in [2.24, 2.45) is 11.3 Å². The van der Waals surface area contributed by atoms with E-state index in [0.29, 0.717) is 11.4 Å². The van der Waals surface area contributed by atoms with Gasteiger partial charge in [0.1, 0.15) is 5.52 Å². The minimum Gasteiger partial charge on any atom is -0.424 e. The van der Waals surface area contributed by atoms with E-state index in [1.165, 1.54) is 25.7 Å². The van der Waals surface area contributed by atoms with Crippen LogP contribution in [0.15, 0.2) is 28.7 Å². The van der Waals surface area contributed by atoms with Gasteiger partial charge >= 0.3 is 0 Å². The van der Waals surface area contributed by atoms with Crippen molar-refractivity contribution in [3.63, 3.8) is 0 Å². The van der Waals surface area contributed by atoms with Gasteiger partial charge in [-0.05, 0) is 49.1 Å². The van der Waals surface area contributed by atoms with Crippen LogP contribution < -0.4 is 5.32 Å². The summed E-state index contributed by atoms with van der Waals surface area (Å²) < 4.78 is 5.67. The Kier molecular flexibility index (Phi) is 1.82. The fraction of sp³-hybridized carbons (Fsp3) is 0.500. The van der Waals surface area contributed by atoms with E-state index in [1.54, 1.807) is 0 Å². The quantitative estimate of drug-likeness (QED) is 0.871. The number of rotatable bonds is 4. The minimum absolute atomic E-state index is 0.584. The molecule has 3 heteroatoms. The molecule has 0 bridgehead atoms. The molecular weight excluding hydrogens is 212 g/mol. The maximum atomic E-state index is 5.67. The van der Waals surface area contributed by atoms with Crippen LogP contribution in [0.5, 0.6) is 0 Å². The van der Waals surface area contributed by atoms with E-state index in [9.17, 15) is 0 Å². The molecule has 0 spiro atoms. The topological polar surface area (TPSA) is 38.1 Å². The smallest absolute Gasteiger partial charge is 0.295 e. The van der Waals surface area contributed by atoms with Crippen molar-refractivity contribution in [2.45, 2.75) is 25.7 Å². The molecule has 17 heavy (non-hydrogen) atoms. The van der Waals surface area contributed by atoms with E-state index in [1.807, 2.05) is 24.3 Å². The Morgan fingerprint density at radius 1 is 1.29 bits per heavy atom. The van der Waals surface area contributed by atoms with Gasteiger partial charge in [0.15, 0.2) is 5.58 Å². The second-order valence-electron chi connectivity index (χ2n) is 5.48. The predicted molar refractivity (Wildman–Crippen MR) is 66.9 cm³/mol. The number of aromatic nitrogens is 1. The van der Waals surface area contributed by atoms with Gasteiger partial charge < -0.3 is 9.73 Å². The van der Waals surface area contributed by atoms with Crippen LogP contribution in [0, 0.1) is 11.3 Å². The molecule has 2 aliphatic rings. The molecule has 1 aromatic carbocycles. The Morgan fingerprint density at radius 3 is 2.82 bits per heavy atom. The van der Waals surface area contributed by atoms with Crippen LogP contribution in [0.3, 0.4) is 0 Å². The van der Waals surface area contributed by atoms with Gasteiger partial charge in [0, 0.05) is 6.54 Å². The summed E-state index contributed by atoms with van der Waals surface area (Å²) >= 11 is 0. The number of nitrogens with zero attached hydrogens (tertiary/aromatic N) is 1. The first-order valence-corrected chi connectivity index (χ1v) is 6.45. The van der Waals surface area contributed by atoms with Crippen molar-refractivity contribution in [3.05, 3.63) is 24.3 Å². The molecule has 0 aliphatic heterocycles. The van der Waals surface area contributed by atoms with E-state index in [-0.39, 0.29) is 0 Å². The van der Waals surface area contributed by atoms with Crippen LogP contribution in [0.1, 0.15) is 25.7 Å². The molecule has 1 aromatic heterocycles. The zero-order chi connectivity index (χ0) is 11.3. The molecule has 1 heterocycles. The fourth-order valence-electron chi connectivity index (χ4n) is 2.79. The highest BCUT2D eigenvalue weighted by Crippen LogP contribution is 2.61. The van der Waals surface area contributed by atoms with Gasteiger partial charge in [0.05, 0.1) is 0 Å². The Labute approximate surface area is 100 Å². The van der Waals surface area contributed by atoms with Crippen molar-refractivity contribution in [3.8, 4) is 0 Å². The Bertz CT molecular complexity index is 519. The first-order valence-electron chi connectivity index (χ1n) is 6.45. The summed E-state index contributed by atoms with van der Waals surface area (Å²) in [7, 11) is 0. The summed E-state index contributed by atoms with van der Waals surface area (Å²) in [5, 5.41) is 3.38. The molecule has 3 nitrogen and oxygen atoms in total. The molecule has 0 saturated heterocycles. The number of para-hydroxylation sites is 2. The number of fused-ring (bicyclic) bond motifs is 1. The number of hydrogen-bond acceptors (Lipinski definition) is 3. The lowest BCUT2D eigenvalue weighted by Crippen LogP contribution is -2.17. The summed E-state index contributed by atoms with van der Waals surface area (Å²) in [5.41, 5.74) is 2.39. The lowest BCUT2D eigenvalue weighted by Gasteiger charge is -2.13. The number of benzene rings is 1. The van der Waals surface area contributed by atoms with Gasteiger partial charge in [-0.1, -0.05) is 12.1 Å². The third-order valence-corrected chi connectivity index (χ3v) is 4.22. The highest BCUT2D eigenvalue weighted by atomic mass is 16.4. The maximum absolute atomic E-state index is 5.67. The Morgan fingerprint density at radius 2 is 2.12 bits per heavy atom. The van der Waals surface area contributed by atoms with Crippen LogP contribution >= 0.6 is 0 Å². The minimum atomic E-state index is 0.584. The summed E-state index contributed by atoms with van der Waals surface area (Å²) in [4.78, 5) is 4.45. The molecule has 1 N–H and O–H groups in total. The molecule has 4 rings (SSSR count). The van der Waals surface area contributed by atoms with Crippen molar-refractivity contribution >= 4 is 17.1 Å². The van der Waals surface area contributed by atoms with E-state index in [2.05, 4.69) is 10.3 Å². The molecule has 88 valence electrons. The van der Waals surface area contributed by atoms with E-state index in [4.69, 9.17) is 4.42 Å². The Hall–Kier alpha value is -1.51. The zero-order valence-corrected chi connectivity index (χ0v) is 9.78. The second-order valence-corrected chi connectivity index (χ2v) is 5.48. The fourth-order valence-corrected chi connectivity index (χ4v) is 2.79. The van der Waals surface area contributed by atoms with Crippen molar-refractivity contribution < 1.29 is 4.42 Å². The van der Waals surface area contributed by atoms with Gasteiger partial charge in [0.2, 0.25) is 0 Å². The average molecular weight is 228 g/mol. The predicted octanol–water partition coefficient (Wildman–Crippen LogP) is 3.43. The second kappa shape index (κ2) is 3.25. The first-order chi connectivity index (χ1) is 8.36. The van der Waals surface area contributed by atoms with Crippen molar-refractivity contribution in [2.75, 3.05) is 11.9 Å². The number of anilines is 1. The molecule has 2 saturated carbocycles. The van der Waals surface area contributed by atoms with E-state index < -0.39 is 0 Å². The average Bonchev–Trinajstić information content (AvgIpc) is 3.22. The van der Waals surface area contributed by atoms with Crippen molar-refractivity contribution in [1.82, 2.24) is 4.98 Å². The molecular formula is C14H16N2O. The zero-order valence-electron chi connectivity index (χ0n) is 9.78. The highest BCUT2D eigenvalue weighted by Gasteiger charge is 2.53. The first kappa shape index (κ1) is 9.51. The van der Waals surface area contributed by atoms with Gasteiger partial charge in [-0.2, -0.15) is 4.98 Å². The van der Waals surface area contributed by atoms with Crippen LogP contribution in [0.2, 0.25) is 0 Å². The largest absolute Gasteiger partial charge is 0.424 e. The lowest BCUT2D eigenvalue weighted by atomic mass is 10.0. The SMILES string of the molecule is c1ccc2oc(NCC3(C4CC4)CC3)nc2c1. The van der Waals surface area contributed by atoms with Crippen LogP contribution in [0.25, 0.3) is 11.1 Å². The van der Waals surface area contributed by atoms with Crippen LogP contribution in [0.4, 0.5) is 6.01 Å². The third-order valence-electron chi connectivity index (χ3n) is 4.22. The van der Waals surface area contributed by atoms with Crippen molar-refractivity contribution in [1.29, 1.82) is 0 Å². The molecule has 0 amide bonds. The number of hydrogen-bond donors (Lipinski definition) is 1. The summed E-state index contributed by atoms with van der Waals surface area (Å²) in [6.07, 6.45) is 5.61. The molecule has 2 aromatic rings. The number of oxazole rings is 1. The van der Waals surface area contributed by atoms with Crippen LogP contribution in [-0.4, -0.2) is 11.5 Å². The molecule has 2 aliphatic carbocycles. The molecule has 2 fully saturated rings. The molecule has 0 unspecified atom stereocenters. The summed E-state index contributed by atoms with van der Waals surface area (Å²) in [5.74, 6) is 0.972. The van der Waals surface area contributed by atoms with Crippen LogP contribution in [-0.2, 0) is 0 Å². The maximum Gasteiger partial charge on any atom is 0.295 e. The number of nitrogens with one attached hydrogen (secondary N) is 1. The molecule has 0 atom stereocenters.